The van der Waals surface area contributed by atoms with E-state index < -0.39 is 15.9 Å². The van der Waals surface area contributed by atoms with Gasteiger partial charge in [-0.2, -0.15) is 4.31 Å². The average Bonchev–Trinajstić information content (AvgIpc) is 2.88. The third kappa shape index (κ3) is 5.66. The molecule has 0 radical (unpaired) electrons. The van der Waals surface area contributed by atoms with Gasteiger partial charge >= 0.3 is 0 Å². The summed E-state index contributed by atoms with van der Waals surface area (Å²) in [5.74, 6) is -0.708. The molecule has 3 aromatic rings. The fourth-order valence-corrected chi connectivity index (χ4v) is 4.84. The number of anilines is 1. The van der Waals surface area contributed by atoms with E-state index in [9.17, 15) is 18.0 Å². The first kappa shape index (κ1) is 23.6. The molecule has 1 aliphatic heterocycles. The number of pyridine rings is 1. The van der Waals surface area contributed by atoms with Crippen LogP contribution in [0.3, 0.4) is 0 Å². The maximum atomic E-state index is 12.7. The molecule has 2 aromatic carbocycles. The summed E-state index contributed by atoms with van der Waals surface area (Å²) < 4.78 is 32.0. The van der Waals surface area contributed by atoms with Crippen LogP contribution in [0.25, 0.3) is 0 Å². The normalized spacial score (nSPS) is 14.4. The van der Waals surface area contributed by atoms with Gasteiger partial charge < -0.3 is 15.4 Å². The minimum absolute atomic E-state index is 0.123. The fraction of sp³-hybridized carbons (Fsp3) is 0.208. The zero-order chi connectivity index (χ0) is 24.0. The summed E-state index contributed by atoms with van der Waals surface area (Å²) in [4.78, 5) is 29.4. The summed E-state index contributed by atoms with van der Waals surface area (Å²) >= 11 is 0. The minimum atomic E-state index is -3.63. The molecule has 10 heteroatoms. The first-order valence-corrected chi connectivity index (χ1v) is 12.1. The number of ether oxygens (including phenoxy) is 1. The molecule has 4 rings (SSSR count). The van der Waals surface area contributed by atoms with Crippen LogP contribution in [-0.2, 0) is 21.3 Å². The summed E-state index contributed by atoms with van der Waals surface area (Å²) in [7, 11) is -3.63. The summed E-state index contributed by atoms with van der Waals surface area (Å²) in [6.45, 7) is 1.61. The molecule has 1 aromatic heterocycles. The number of morpholine rings is 1. The Bertz CT molecular complexity index is 1260. The van der Waals surface area contributed by atoms with E-state index in [4.69, 9.17) is 4.74 Å². The predicted molar refractivity (Wildman–Crippen MR) is 126 cm³/mol. The van der Waals surface area contributed by atoms with Gasteiger partial charge in [0.1, 0.15) is 0 Å². The van der Waals surface area contributed by atoms with Crippen LogP contribution in [-0.4, -0.2) is 55.8 Å². The van der Waals surface area contributed by atoms with Crippen molar-refractivity contribution < 1.29 is 22.7 Å². The molecule has 0 atom stereocenters. The number of benzene rings is 2. The molecular formula is C24H24N4O5S. The summed E-state index contributed by atoms with van der Waals surface area (Å²) in [6.07, 6.45) is 1.65. The molecule has 2 amide bonds. The Hall–Kier alpha value is -3.60. The fourth-order valence-electron chi connectivity index (χ4n) is 3.43. The van der Waals surface area contributed by atoms with E-state index >= 15 is 0 Å². The monoisotopic (exact) mass is 480 g/mol. The number of carbonyl (C=O) groups is 2. The van der Waals surface area contributed by atoms with E-state index in [0.29, 0.717) is 43.1 Å². The maximum Gasteiger partial charge on any atom is 0.255 e. The molecule has 0 spiro atoms. The first-order valence-electron chi connectivity index (χ1n) is 10.7. The standard InChI is InChI=1S/C24H24N4O5S/c29-23(26-17-21-5-1-2-11-25-21)19-4-3-6-20(16-19)27-24(30)18-7-9-22(10-8-18)34(31,32)28-12-14-33-15-13-28/h1-11,16H,12-15,17H2,(H,26,29)(H,27,30). The van der Waals surface area contributed by atoms with Gasteiger partial charge in [0.25, 0.3) is 11.8 Å². The Labute approximate surface area is 197 Å². The molecule has 0 unspecified atom stereocenters. The Kier molecular flexibility index (Phi) is 7.31. The Morgan fingerprint density at radius 2 is 1.68 bits per heavy atom. The highest BCUT2D eigenvalue weighted by molar-refractivity contribution is 7.89. The summed E-state index contributed by atoms with van der Waals surface area (Å²) in [5.41, 5.74) is 1.87. The van der Waals surface area contributed by atoms with E-state index in [2.05, 4.69) is 15.6 Å². The second-order valence-corrected chi connectivity index (χ2v) is 9.52. The van der Waals surface area contributed by atoms with Crippen LogP contribution in [0.15, 0.2) is 77.8 Å². The van der Waals surface area contributed by atoms with E-state index in [1.165, 1.54) is 28.6 Å². The van der Waals surface area contributed by atoms with Crippen molar-refractivity contribution in [3.63, 3.8) is 0 Å². The molecule has 34 heavy (non-hydrogen) atoms. The van der Waals surface area contributed by atoms with Gasteiger partial charge in [-0.25, -0.2) is 8.42 Å². The van der Waals surface area contributed by atoms with Crippen molar-refractivity contribution in [3.05, 3.63) is 89.7 Å². The lowest BCUT2D eigenvalue weighted by Gasteiger charge is -2.26. The van der Waals surface area contributed by atoms with Gasteiger partial charge in [0.05, 0.1) is 30.3 Å². The van der Waals surface area contributed by atoms with Crippen molar-refractivity contribution in [2.75, 3.05) is 31.6 Å². The molecule has 2 N–H and O–H groups in total. The third-order valence-electron chi connectivity index (χ3n) is 5.26. The van der Waals surface area contributed by atoms with Crippen LogP contribution in [0.2, 0.25) is 0 Å². The number of carbonyl (C=O) groups excluding carboxylic acids is 2. The second-order valence-electron chi connectivity index (χ2n) is 7.58. The molecule has 9 nitrogen and oxygen atoms in total. The van der Waals surface area contributed by atoms with Crippen LogP contribution in [0.4, 0.5) is 5.69 Å². The van der Waals surface area contributed by atoms with Crippen molar-refractivity contribution >= 4 is 27.5 Å². The van der Waals surface area contributed by atoms with E-state index in [1.54, 1.807) is 36.5 Å². The molecule has 0 saturated carbocycles. The Balaban J connectivity index is 1.39. The van der Waals surface area contributed by atoms with Crippen LogP contribution in [0, 0.1) is 0 Å². The van der Waals surface area contributed by atoms with Crippen molar-refractivity contribution in [2.24, 2.45) is 0 Å². The molecule has 0 aliphatic carbocycles. The van der Waals surface area contributed by atoms with Crippen molar-refractivity contribution in [3.8, 4) is 0 Å². The SMILES string of the molecule is O=C(NCc1ccccn1)c1cccc(NC(=O)c2ccc(S(=O)(=O)N3CCOCC3)cc2)c1. The van der Waals surface area contributed by atoms with Crippen LogP contribution < -0.4 is 10.6 Å². The van der Waals surface area contributed by atoms with Crippen LogP contribution in [0.5, 0.6) is 0 Å². The highest BCUT2D eigenvalue weighted by atomic mass is 32.2. The highest BCUT2D eigenvalue weighted by Crippen LogP contribution is 2.19. The lowest BCUT2D eigenvalue weighted by Crippen LogP contribution is -2.40. The topological polar surface area (TPSA) is 118 Å². The predicted octanol–water partition coefficient (Wildman–Crippen LogP) is 2.28. The Morgan fingerprint density at radius 1 is 0.912 bits per heavy atom. The van der Waals surface area contributed by atoms with Gasteiger partial charge in [-0.15, -0.1) is 0 Å². The maximum absolute atomic E-state index is 12.7. The lowest BCUT2D eigenvalue weighted by molar-refractivity contribution is 0.0730. The van der Waals surface area contributed by atoms with Gasteiger partial charge in [-0.1, -0.05) is 12.1 Å². The average molecular weight is 481 g/mol. The van der Waals surface area contributed by atoms with E-state index in [-0.39, 0.29) is 17.3 Å². The van der Waals surface area contributed by atoms with Gasteiger partial charge in [-0.05, 0) is 54.6 Å². The smallest absolute Gasteiger partial charge is 0.255 e. The number of aromatic nitrogens is 1. The summed E-state index contributed by atoms with van der Waals surface area (Å²) in [6, 6.07) is 17.8. The molecule has 1 aliphatic rings. The van der Waals surface area contributed by atoms with Gasteiger partial charge in [0.2, 0.25) is 10.0 Å². The largest absolute Gasteiger partial charge is 0.379 e. The molecule has 1 saturated heterocycles. The number of hydrogen-bond donors (Lipinski definition) is 2. The zero-order valence-corrected chi connectivity index (χ0v) is 19.1. The molecule has 0 bridgehead atoms. The zero-order valence-electron chi connectivity index (χ0n) is 18.3. The lowest BCUT2D eigenvalue weighted by atomic mass is 10.1. The molecule has 2 heterocycles. The second kappa shape index (κ2) is 10.6. The number of nitrogens with zero attached hydrogens (tertiary/aromatic N) is 2. The van der Waals surface area contributed by atoms with Crippen molar-refractivity contribution in [2.45, 2.75) is 11.4 Å². The third-order valence-corrected chi connectivity index (χ3v) is 7.18. The molecule has 1 fully saturated rings. The first-order chi connectivity index (χ1) is 16.4. The van der Waals surface area contributed by atoms with Crippen LogP contribution in [0.1, 0.15) is 26.4 Å². The van der Waals surface area contributed by atoms with Gasteiger partial charge in [0.15, 0.2) is 0 Å². The van der Waals surface area contributed by atoms with E-state index in [1.807, 2.05) is 12.1 Å². The quantitative estimate of drug-likeness (QED) is 0.536. The number of amides is 2. The number of hydrogen-bond acceptors (Lipinski definition) is 6. The number of sulfonamides is 1. The Morgan fingerprint density at radius 3 is 2.38 bits per heavy atom. The highest BCUT2D eigenvalue weighted by Gasteiger charge is 2.26. The molecular weight excluding hydrogens is 456 g/mol. The summed E-state index contributed by atoms with van der Waals surface area (Å²) in [5, 5.41) is 5.53. The van der Waals surface area contributed by atoms with E-state index in [0.717, 1.165) is 5.69 Å². The molecule has 176 valence electrons. The number of rotatable bonds is 7. The van der Waals surface area contributed by atoms with Gasteiger partial charge in [0, 0.05) is 36.1 Å². The van der Waals surface area contributed by atoms with Crippen LogP contribution >= 0.6 is 0 Å². The minimum Gasteiger partial charge on any atom is -0.379 e. The number of nitrogens with one attached hydrogen (secondary N) is 2. The van der Waals surface area contributed by atoms with Crippen molar-refractivity contribution in [1.82, 2.24) is 14.6 Å². The van der Waals surface area contributed by atoms with Crippen molar-refractivity contribution in [1.29, 1.82) is 0 Å². The van der Waals surface area contributed by atoms with Gasteiger partial charge in [-0.3, -0.25) is 14.6 Å².